The van der Waals surface area contributed by atoms with Gasteiger partial charge in [0.25, 0.3) is 0 Å². The minimum atomic E-state index is -0.925. The lowest BCUT2D eigenvalue weighted by atomic mass is 9.78. The Labute approximate surface area is 225 Å². The van der Waals surface area contributed by atoms with Gasteiger partial charge in [-0.2, -0.15) is 0 Å². The third-order valence-corrected chi connectivity index (χ3v) is 8.25. The molecule has 0 spiro atoms. The lowest BCUT2D eigenvalue weighted by Crippen LogP contribution is -2.47. The highest BCUT2D eigenvalue weighted by molar-refractivity contribution is 5.75. The zero-order valence-corrected chi connectivity index (χ0v) is 21.7. The summed E-state index contributed by atoms with van der Waals surface area (Å²) in [6.07, 6.45) is 6.56. The van der Waals surface area contributed by atoms with Crippen molar-refractivity contribution in [3.05, 3.63) is 100 Å². The van der Waals surface area contributed by atoms with E-state index in [0.717, 1.165) is 35.9 Å². The summed E-state index contributed by atoms with van der Waals surface area (Å²) in [5.74, 6) is -1.82. The van der Waals surface area contributed by atoms with E-state index in [2.05, 4.69) is 23.7 Å². The molecule has 2 aromatic rings. The molecule has 2 aliphatic carbocycles. The van der Waals surface area contributed by atoms with Crippen molar-refractivity contribution in [2.45, 2.75) is 32.2 Å². The summed E-state index contributed by atoms with van der Waals surface area (Å²) in [4.78, 5) is 14.8. The van der Waals surface area contributed by atoms with Crippen LogP contribution in [0.3, 0.4) is 0 Å². The van der Waals surface area contributed by atoms with Crippen molar-refractivity contribution < 1.29 is 22.7 Å². The number of carbonyl (C=O) groups is 1. The number of allylic oxidation sites excluding steroid dienone is 4. The molecule has 0 bridgehead atoms. The Bertz CT molecular complexity index is 1360. The number of hydrogen-bond acceptors (Lipinski definition) is 4. The van der Waals surface area contributed by atoms with E-state index in [9.17, 15) is 18.0 Å². The van der Waals surface area contributed by atoms with Crippen molar-refractivity contribution in [3.8, 4) is 0 Å². The third kappa shape index (κ3) is 4.91. The van der Waals surface area contributed by atoms with E-state index in [0.29, 0.717) is 38.3 Å². The summed E-state index contributed by atoms with van der Waals surface area (Å²) < 4.78 is 46.9. The smallest absolute Gasteiger partial charge is 0.318 e. The Morgan fingerprint density at radius 3 is 2.62 bits per heavy atom. The maximum atomic E-state index is 14.3. The first-order chi connectivity index (χ1) is 18.9. The predicted molar refractivity (Wildman–Crippen MR) is 142 cm³/mol. The van der Waals surface area contributed by atoms with Gasteiger partial charge in [-0.15, -0.1) is 0 Å². The van der Waals surface area contributed by atoms with Gasteiger partial charge < -0.3 is 20.4 Å². The largest absolute Gasteiger partial charge is 0.378 e. The van der Waals surface area contributed by atoms with E-state index in [1.165, 1.54) is 29.3 Å². The van der Waals surface area contributed by atoms with Crippen LogP contribution in [0.5, 0.6) is 0 Å². The number of amides is 2. The number of urea groups is 1. The van der Waals surface area contributed by atoms with Crippen LogP contribution in [0, 0.1) is 29.3 Å². The molecule has 0 radical (unpaired) electrons. The monoisotopic (exact) mass is 536 g/mol. The summed E-state index contributed by atoms with van der Waals surface area (Å²) in [6, 6.07) is 9.55. The van der Waals surface area contributed by atoms with Crippen LogP contribution in [0.2, 0.25) is 0 Å². The quantitative estimate of drug-likeness (QED) is 0.513. The van der Waals surface area contributed by atoms with Crippen LogP contribution in [0.4, 0.5) is 23.7 Å². The van der Waals surface area contributed by atoms with Crippen LogP contribution in [0.25, 0.3) is 0 Å². The van der Waals surface area contributed by atoms with Crippen LogP contribution >= 0.6 is 0 Å². The fourth-order valence-electron chi connectivity index (χ4n) is 6.26. The first-order valence-electron chi connectivity index (χ1n) is 13.4. The maximum Gasteiger partial charge on any atom is 0.318 e. The lowest BCUT2D eigenvalue weighted by Gasteiger charge is -2.33. The van der Waals surface area contributed by atoms with Gasteiger partial charge >= 0.3 is 6.03 Å². The molecule has 1 unspecified atom stereocenters. The number of morpholine rings is 1. The van der Waals surface area contributed by atoms with Gasteiger partial charge in [-0.1, -0.05) is 18.6 Å². The van der Waals surface area contributed by atoms with Gasteiger partial charge in [0.2, 0.25) is 0 Å². The fraction of sp³-hybridized carbons (Fsp3) is 0.367. The summed E-state index contributed by atoms with van der Waals surface area (Å²) in [5.41, 5.74) is 9.49. The minimum absolute atomic E-state index is 0.131. The standard InChI is InChI=1S/C30H31F3N4O2/c1-18-24-17-34-37(23-7-5-22(31)6-8-23)28(24)16-21-3-2-20(29(18)21)15-27(19-4-9-25(32)26(33)14-19)35-30(38)36-10-12-39-13-11-36/h4-9,14,16-18,20,27,34H,2-3,10-13,15H2,1H3,(H,35,38)/t18-,20+,27?/m0/s1. The van der Waals surface area contributed by atoms with Crippen molar-refractivity contribution in [1.29, 1.82) is 0 Å². The van der Waals surface area contributed by atoms with Gasteiger partial charge in [0.15, 0.2) is 11.6 Å². The number of nitrogens with one attached hydrogen (secondary N) is 2. The highest BCUT2D eigenvalue weighted by Crippen LogP contribution is 2.49. The zero-order valence-electron chi connectivity index (χ0n) is 21.7. The number of benzene rings is 2. The van der Waals surface area contributed by atoms with E-state index < -0.39 is 17.7 Å². The summed E-state index contributed by atoms with van der Waals surface area (Å²) >= 11 is 0. The second kappa shape index (κ2) is 10.4. The van der Waals surface area contributed by atoms with E-state index in [1.807, 2.05) is 11.2 Å². The molecule has 204 valence electrons. The molecule has 2 heterocycles. The predicted octanol–water partition coefficient (Wildman–Crippen LogP) is 5.73. The average Bonchev–Trinajstić information content (AvgIpc) is 3.56. The van der Waals surface area contributed by atoms with E-state index in [1.54, 1.807) is 23.1 Å². The third-order valence-electron chi connectivity index (χ3n) is 8.25. The lowest BCUT2D eigenvalue weighted by molar-refractivity contribution is 0.0523. The topological polar surface area (TPSA) is 56.8 Å². The van der Waals surface area contributed by atoms with Gasteiger partial charge in [-0.3, -0.25) is 5.01 Å². The number of fused-ring (bicyclic) bond motifs is 1. The molecular weight excluding hydrogens is 505 g/mol. The van der Waals surface area contributed by atoms with Crippen LogP contribution in [0.1, 0.15) is 37.8 Å². The average molecular weight is 537 g/mol. The van der Waals surface area contributed by atoms with E-state index in [-0.39, 0.29) is 23.7 Å². The molecule has 4 aliphatic rings. The molecule has 2 N–H and O–H groups in total. The Morgan fingerprint density at radius 1 is 1.10 bits per heavy atom. The van der Waals surface area contributed by atoms with E-state index in [4.69, 9.17) is 4.74 Å². The number of anilines is 1. The van der Waals surface area contributed by atoms with Gasteiger partial charge in [0.1, 0.15) is 5.82 Å². The summed E-state index contributed by atoms with van der Waals surface area (Å²) in [7, 11) is 0. The molecular formula is C30H31F3N4O2. The summed E-state index contributed by atoms with van der Waals surface area (Å²) in [5, 5.41) is 5.07. The number of ether oxygens (including phenoxy) is 1. The van der Waals surface area contributed by atoms with Gasteiger partial charge in [0, 0.05) is 30.8 Å². The number of hydrazine groups is 1. The molecule has 0 aromatic heterocycles. The molecule has 1 fully saturated rings. The Morgan fingerprint density at radius 2 is 1.87 bits per heavy atom. The molecule has 2 aromatic carbocycles. The minimum Gasteiger partial charge on any atom is -0.378 e. The maximum absolute atomic E-state index is 14.3. The molecule has 6 rings (SSSR count). The van der Waals surface area contributed by atoms with Gasteiger partial charge in [0.05, 0.1) is 30.6 Å². The number of carbonyl (C=O) groups excluding carboxylic acids is 1. The Hall–Kier alpha value is -3.72. The molecule has 9 heteroatoms. The molecule has 0 saturated carbocycles. The van der Waals surface area contributed by atoms with Crippen LogP contribution < -0.4 is 15.8 Å². The number of rotatable bonds is 5. The van der Waals surface area contributed by atoms with Crippen molar-refractivity contribution in [2.75, 3.05) is 31.3 Å². The van der Waals surface area contributed by atoms with E-state index >= 15 is 0 Å². The van der Waals surface area contributed by atoms with Gasteiger partial charge in [-0.25, -0.2) is 18.0 Å². The Balaban J connectivity index is 1.27. The van der Waals surface area contributed by atoms with Gasteiger partial charge in [-0.05, 0) is 78.8 Å². The summed E-state index contributed by atoms with van der Waals surface area (Å²) in [6.45, 7) is 4.12. The highest BCUT2D eigenvalue weighted by atomic mass is 19.2. The second-order valence-corrected chi connectivity index (χ2v) is 10.5. The van der Waals surface area contributed by atoms with Crippen LogP contribution in [-0.2, 0) is 4.74 Å². The first kappa shape index (κ1) is 25.6. The van der Waals surface area contributed by atoms with Crippen molar-refractivity contribution in [2.24, 2.45) is 11.8 Å². The highest BCUT2D eigenvalue weighted by Gasteiger charge is 2.39. The fourth-order valence-corrected chi connectivity index (χ4v) is 6.26. The normalized spacial score (nSPS) is 23.1. The van der Waals surface area contributed by atoms with Crippen molar-refractivity contribution >= 4 is 11.7 Å². The molecule has 39 heavy (non-hydrogen) atoms. The molecule has 2 amide bonds. The van der Waals surface area contributed by atoms with Crippen LogP contribution in [-0.4, -0.2) is 37.2 Å². The Kier molecular flexibility index (Phi) is 6.85. The molecule has 6 nitrogen and oxygen atoms in total. The molecule has 3 atom stereocenters. The van der Waals surface area contributed by atoms with Crippen molar-refractivity contribution in [3.63, 3.8) is 0 Å². The molecule has 2 aliphatic heterocycles. The second-order valence-electron chi connectivity index (χ2n) is 10.5. The first-order valence-corrected chi connectivity index (χ1v) is 13.4. The number of hydrogen-bond donors (Lipinski definition) is 2. The van der Waals surface area contributed by atoms with Crippen LogP contribution in [0.15, 0.2) is 77.2 Å². The zero-order chi connectivity index (χ0) is 27.1. The van der Waals surface area contributed by atoms with Crippen molar-refractivity contribution in [1.82, 2.24) is 15.6 Å². The number of nitrogens with zero attached hydrogens (tertiary/aromatic N) is 2. The molecule has 1 saturated heterocycles. The number of halogens is 3. The SMILES string of the molecule is C[C@H]1C2=CNN(c3ccc(F)cc3)C2=CC2=C1[C@@H](CC(NC(=O)N1CCOCC1)c1ccc(F)c(F)c1)CC2.